The van der Waals surface area contributed by atoms with Crippen LogP contribution >= 0.6 is 11.9 Å². The van der Waals surface area contributed by atoms with Crippen molar-refractivity contribution < 1.29 is 9.59 Å². The Morgan fingerprint density at radius 2 is 2.30 bits per heavy atom. The summed E-state index contributed by atoms with van der Waals surface area (Å²) in [5, 5.41) is 7.54. The number of primary amides is 1. The maximum absolute atomic E-state index is 10.4. The number of amides is 2. The van der Waals surface area contributed by atoms with Crippen LogP contribution in [0.1, 0.15) is 6.42 Å². The van der Waals surface area contributed by atoms with Gasteiger partial charge in [-0.3, -0.25) is 9.52 Å². The minimum Gasteiger partial charge on any atom is -0.351 e. The molecule has 0 saturated heterocycles. The number of carbonyl (C=O) groups is 2. The van der Waals surface area contributed by atoms with Crippen LogP contribution in [-0.4, -0.2) is 11.1 Å². The molecule has 0 atom stereocenters. The lowest BCUT2D eigenvalue weighted by Crippen LogP contribution is -2.24. The van der Waals surface area contributed by atoms with Crippen molar-refractivity contribution in [2.75, 3.05) is 0 Å². The van der Waals surface area contributed by atoms with E-state index in [2.05, 4.69) is 5.73 Å². The number of rotatable bonds is 1. The van der Waals surface area contributed by atoms with E-state index in [-0.39, 0.29) is 6.42 Å². The molecule has 6 heteroatoms. The molecule has 0 rings (SSSR count). The number of nitrogens with two attached hydrogens (primary N) is 1. The largest absolute Gasteiger partial charge is 0.351 e. The van der Waals surface area contributed by atoms with Gasteiger partial charge in [0.05, 0.1) is 6.07 Å². The monoisotopic (exact) mass is 159 g/mol. The molecular formula is C4H5N3O2S. The number of hydrogen-bond donors (Lipinski definition) is 2. The van der Waals surface area contributed by atoms with Gasteiger partial charge in [-0.05, 0) is 0 Å². The van der Waals surface area contributed by atoms with Crippen LogP contribution < -0.4 is 10.5 Å². The molecule has 0 bridgehead atoms. The van der Waals surface area contributed by atoms with Gasteiger partial charge in [0.1, 0.15) is 6.42 Å². The minimum atomic E-state index is -0.795. The fourth-order valence-corrected chi connectivity index (χ4v) is 0.559. The summed E-state index contributed by atoms with van der Waals surface area (Å²) in [7, 11) is 0. The fraction of sp³-hybridized carbons (Fsp3) is 0.250. The van der Waals surface area contributed by atoms with E-state index in [0.717, 1.165) is 0 Å². The SMILES string of the molecule is N#CCC(=O)SNC(N)=O. The second kappa shape index (κ2) is 4.64. The molecule has 0 spiro atoms. The van der Waals surface area contributed by atoms with Gasteiger partial charge < -0.3 is 5.73 Å². The van der Waals surface area contributed by atoms with Gasteiger partial charge in [0.2, 0.25) is 5.12 Å². The first-order chi connectivity index (χ1) is 4.66. The third-order valence-electron chi connectivity index (χ3n) is 0.489. The summed E-state index contributed by atoms with van der Waals surface area (Å²) in [6.07, 6.45) is -0.231. The number of nitrogens with zero attached hydrogens (tertiary/aromatic N) is 1. The van der Waals surface area contributed by atoms with Crippen LogP contribution in [0, 0.1) is 11.3 Å². The third kappa shape index (κ3) is 4.93. The fourth-order valence-electron chi connectivity index (χ4n) is 0.208. The molecule has 0 fully saturated rings. The molecule has 54 valence electrons. The van der Waals surface area contributed by atoms with Crippen LogP contribution in [0.3, 0.4) is 0 Å². The zero-order valence-electron chi connectivity index (χ0n) is 4.96. The van der Waals surface area contributed by atoms with Crippen molar-refractivity contribution in [3.63, 3.8) is 0 Å². The van der Waals surface area contributed by atoms with Crippen molar-refractivity contribution in [3.05, 3.63) is 0 Å². The quantitative estimate of drug-likeness (QED) is 0.515. The highest BCUT2D eigenvalue weighted by Gasteiger charge is 2.01. The Morgan fingerprint density at radius 3 is 2.70 bits per heavy atom. The molecule has 0 radical (unpaired) electrons. The van der Waals surface area contributed by atoms with Crippen LogP contribution in [0.5, 0.6) is 0 Å². The summed E-state index contributed by atoms with van der Waals surface area (Å²) >= 11 is 0.523. The predicted molar refractivity (Wildman–Crippen MR) is 35.5 cm³/mol. The Labute approximate surface area is 61.7 Å². The minimum absolute atomic E-state index is 0.231. The van der Waals surface area contributed by atoms with Crippen LogP contribution in [0.2, 0.25) is 0 Å². The summed E-state index contributed by atoms with van der Waals surface area (Å²) in [6, 6.07) is 0.834. The molecule has 3 N–H and O–H groups in total. The van der Waals surface area contributed by atoms with E-state index < -0.39 is 11.1 Å². The zero-order valence-corrected chi connectivity index (χ0v) is 5.77. The van der Waals surface area contributed by atoms with E-state index >= 15 is 0 Å². The maximum atomic E-state index is 10.4. The number of hydrogen-bond acceptors (Lipinski definition) is 4. The first-order valence-corrected chi connectivity index (χ1v) is 3.10. The molecule has 0 aromatic carbocycles. The third-order valence-corrected chi connectivity index (χ3v) is 1.16. The first kappa shape index (κ1) is 8.78. The Morgan fingerprint density at radius 1 is 1.70 bits per heavy atom. The number of nitriles is 1. The van der Waals surface area contributed by atoms with Crippen molar-refractivity contribution in [3.8, 4) is 6.07 Å². The van der Waals surface area contributed by atoms with Crippen molar-refractivity contribution in [1.82, 2.24) is 4.72 Å². The van der Waals surface area contributed by atoms with E-state index in [1.165, 1.54) is 0 Å². The predicted octanol–water partition coefficient (Wildman–Crippen LogP) is -0.257. The summed E-state index contributed by atoms with van der Waals surface area (Å²) < 4.78 is 1.98. The highest BCUT2D eigenvalue weighted by atomic mass is 32.2. The maximum Gasteiger partial charge on any atom is 0.322 e. The van der Waals surface area contributed by atoms with Crippen LogP contribution in [0.25, 0.3) is 0 Å². The normalized spacial score (nSPS) is 7.90. The molecule has 10 heavy (non-hydrogen) atoms. The van der Waals surface area contributed by atoms with Gasteiger partial charge >= 0.3 is 6.03 Å². The van der Waals surface area contributed by atoms with Gasteiger partial charge in [-0.15, -0.1) is 0 Å². The molecule has 0 unspecified atom stereocenters. The number of carbonyl (C=O) groups excluding carboxylic acids is 2. The molecule has 0 saturated carbocycles. The van der Waals surface area contributed by atoms with Crippen LogP contribution in [0.4, 0.5) is 4.79 Å². The van der Waals surface area contributed by atoms with E-state index in [1.807, 2.05) is 4.72 Å². The Balaban J connectivity index is 3.42. The standard InChI is InChI=1S/C4H5N3O2S/c5-2-1-3(8)10-7-4(6)9/h1H2,(H3,6,7,9). The van der Waals surface area contributed by atoms with E-state index in [1.54, 1.807) is 6.07 Å². The van der Waals surface area contributed by atoms with E-state index in [0.29, 0.717) is 11.9 Å². The first-order valence-electron chi connectivity index (χ1n) is 2.29. The van der Waals surface area contributed by atoms with E-state index in [4.69, 9.17) is 5.26 Å². The molecule has 0 aliphatic rings. The summed E-state index contributed by atoms with van der Waals surface area (Å²) in [4.78, 5) is 20.4. The topological polar surface area (TPSA) is 96.0 Å². The van der Waals surface area contributed by atoms with Gasteiger partial charge in [-0.2, -0.15) is 5.26 Å². The lowest BCUT2D eigenvalue weighted by Gasteiger charge is -1.93. The Bertz CT molecular complexity index is 185. The van der Waals surface area contributed by atoms with Gasteiger partial charge in [0, 0.05) is 11.9 Å². The second-order valence-corrected chi connectivity index (χ2v) is 2.14. The summed E-state index contributed by atoms with van der Waals surface area (Å²) in [5.41, 5.74) is 4.63. The van der Waals surface area contributed by atoms with Crippen molar-refractivity contribution >= 4 is 23.1 Å². The van der Waals surface area contributed by atoms with Gasteiger partial charge in [0.25, 0.3) is 0 Å². The smallest absolute Gasteiger partial charge is 0.322 e. The van der Waals surface area contributed by atoms with Gasteiger partial charge in [-0.25, -0.2) is 4.79 Å². The van der Waals surface area contributed by atoms with Gasteiger partial charge in [-0.1, -0.05) is 0 Å². The highest BCUT2D eigenvalue weighted by Crippen LogP contribution is 1.97. The molecule has 5 nitrogen and oxygen atoms in total. The lowest BCUT2D eigenvalue weighted by atomic mass is 10.5. The molecule has 2 amide bonds. The number of nitrogens with one attached hydrogen (secondary N) is 1. The zero-order chi connectivity index (χ0) is 7.98. The molecular weight excluding hydrogens is 154 g/mol. The Hall–Kier alpha value is -1.22. The average molecular weight is 159 g/mol. The van der Waals surface area contributed by atoms with E-state index in [9.17, 15) is 9.59 Å². The van der Waals surface area contributed by atoms with Crippen molar-refractivity contribution in [2.45, 2.75) is 6.42 Å². The van der Waals surface area contributed by atoms with Crippen LogP contribution in [0.15, 0.2) is 0 Å². The molecule has 0 aromatic rings. The molecule has 0 aliphatic carbocycles. The van der Waals surface area contributed by atoms with Gasteiger partial charge in [0.15, 0.2) is 0 Å². The average Bonchev–Trinajstić information content (AvgIpc) is 1.85. The summed E-state index contributed by atoms with van der Waals surface area (Å²) in [5.74, 6) is 0. The van der Waals surface area contributed by atoms with Crippen LogP contribution in [-0.2, 0) is 4.79 Å². The molecule has 0 aromatic heterocycles. The highest BCUT2D eigenvalue weighted by molar-refractivity contribution is 8.12. The Kier molecular flexibility index (Phi) is 4.07. The summed E-state index contributed by atoms with van der Waals surface area (Å²) in [6.45, 7) is 0. The van der Waals surface area contributed by atoms with Crippen molar-refractivity contribution in [1.29, 1.82) is 5.26 Å². The molecule has 0 aliphatic heterocycles. The molecule has 0 heterocycles. The number of urea groups is 1. The second-order valence-electron chi connectivity index (χ2n) is 1.28. The lowest BCUT2D eigenvalue weighted by molar-refractivity contribution is -0.110. The van der Waals surface area contributed by atoms with Crippen molar-refractivity contribution in [2.24, 2.45) is 5.73 Å².